The quantitative estimate of drug-likeness (QED) is 0.125. The van der Waals surface area contributed by atoms with Crippen LogP contribution < -0.4 is 18.9 Å². The van der Waals surface area contributed by atoms with E-state index in [1.54, 1.807) is 0 Å². The van der Waals surface area contributed by atoms with Crippen LogP contribution in [0.25, 0.3) is 44.5 Å². The Morgan fingerprint density at radius 2 is 0.621 bits per heavy atom. The summed E-state index contributed by atoms with van der Waals surface area (Å²) in [5.74, 6) is 5.03. The van der Waals surface area contributed by atoms with E-state index in [0.717, 1.165) is 39.1 Å². The molecule has 0 N–H and O–H groups in total. The Bertz CT molecular complexity index is 2760. The van der Waals surface area contributed by atoms with Gasteiger partial charge in [-0.3, -0.25) is 0 Å². The number of hydrogen-bond donors (Lipinski definition) is 0. The standard InChI is InChI=1S/C54H38O4/c1-4-17-39(18-5-1)41-21-14-22-42(37-41)50-29-16-32-53(54(50)58-52-31-13-12-30-51(52)56-44-24-8-3-9-25-44)57-46-35-33-45(34-36-46)55-47-26-15-23-43(38-47)49-28-11-10-27-48(49)40-19-6-2-7-20-40/h1-38H. The molecule has 9 aromatic carbocycles. The number of para-hydroxylation sites is 4. The molecule has 0 saturated carbocycles. The van der Waals surface area contributed by atoms with Crippen LogP contribution in [0.2, 0.25) is 0 Å². The van der Waals surface area contributed by atoms with Crippen molar-refractivity contribution in [1.82, 2.24) is 0 Å². The molecule has 9 rings (SSSR count). The third-order valence-corrected chi connectivity index (χ3v) is 9.74. The molecule has 278 valence electrons. The molecule has 0 aliphatic heterocycles. The van der Waals surface area contributed by atoms with Crippen molar-refractivity contribution in [1.29, 1.82) is 0 Å². The van der Waals surface area contributed by atoms with Crippen molar-refractivity contribution in [2.45, 2.75) is 0 Å². The van der Waals surface area contributed by atoms with Gasteiger partial charge in [0.15, 0.2) is 23.0 Å². The first-order valence-electron chi connectivity index (χ1n) is 19.2. The monoisotopic (exact) mass is 750 g/mol. The molecule has 0 bridgehead atoms. The normalized spacial score (nSPS) is 10.8. The van der Waals surface area contributed by atoms with Crippen LogP contribution in [-0.4, -0.2) is 0 Å². The summed E-state index contributed by atoms with van der Waals surface area (Å²) < 4.78 is 26.2. The lowest BCUT2D eigenvalue weighted by Crippen LogP contribution is -1.96. The molecule has 0 atom stereocenters. The zero-order valence-electron chi connectivity index (χ0n) is 31.6. The summed E-state index contributed by atoms with van der Waals surface area (Å²) in [5.41, 5.74) is 8.66. The van der Waals surface area contributed by atoms with Crippen LogP contribution in [0.15, 0.2) is 231 Å². The van der Waals surface area contributed by atoms with Crippen LogP contribution in [0.4, 0.5) is 0 Å². The predicted octanol–water partition coefficient (Wildman–Crippen LogP) is 15.5. The second kappa shape index (κ2) is 16.9. The van der Waals surface area contributed by atoms with Gasteiger partial charge >= 0.3 is 0 Å². The Hall–Kier alpha value is -7.82. The fourth-order valence-corrected chi connectivity index (χ4v) is 6.94. The SMILES string of the molecule is c1ccc(Oc2ccccc2Oc2c(Oc3ccc(Oc4cccc(-c5ccccc5-c5ccccc5)c4)cc3)cccc2-c2cccc(-c3ccccc3)c2)cc1. The van der Waals surface area contributed by atoms with Crippen LogP contribution >= 0.6 is 0 Å². The van der Waals surface area contributed by atoms with Gasteiger partial charge in [0, 0.05) is 5.56 Å². The fraction of sp³-hybridized carbons (Fsp3) is 0. The summed E-state index contributed by atoms with van der Waals surface area (Å²) in [4.78, 5) is 0. The highest BCUT2D eigenvalue weighted by Gasteiger charge is 2.18. The number of ether oxygens (including phenoxy) is 4. The Kier molecular flexibility index (Phi) is 10.5. The van der Waals surface area contributed by atoms with E-state index in [1.165, 1.54) is 11.1 Å². The van der Waals surface area contributed by atoms with Crippen molar-refractivity contribution < 1.29 is 18.9 Å². The smallest absolute Gasteiger partial charge is 0.177 e. The summed E-state index contributed by atoms with van der Waals surface area (Å²) in [6, 6.07) is 76.8. The number of hydrogen-bond acceptors (Lipinski definition) is 4. The van der Waals surface area contributed by atoms with Gasteiger partial charge in [-0.15, -0.1) is 0 Å². The molecule has 0 saturated heterocycles. The maximum absolute atomic E-state index is 6.83. The van der Waals surface area contributed by atoms with Crippen LogP contribution in [0, 0.1) is 0 Å². The van der Waals surface area contributed by atoms with E-state index >= 15 is 0 Å². The molecule has 0 heterocycles. The Labute approximate surface area is 338 Å². The zero-order chi connectivity index (χ0) is 38.9. The minimum absolute atomic E-state index is 0.551. The predicted molar refractivity (Wildman–Crippen MR) is 234 cm³/mol. The largest absolute Gasteiger partial charge is 0.457 e. The van der Waals surface area contributed by atoms with Crippen molar-refractivity contribution in [3.8, 4) is 90.5 Å². The molecule has 0 aromatic heterocycles. The first kappa shape index (κ1) is 35.9. The minimum atomic E-state index is 0.551. The molecule has 4 heteroatoms. The maximum atomic E-state index is 6.83. The molecule has 0 unspecified atom stereocenters. The topological polar surface area (TPSA) is 36.9 Å². The second-order valence-electron chi connectivity index (χ2n) is 13.7. The van der Waals surface area contributed by atoms with Gasteiger partial charge in [0.25, 0.3) is 0 Å². The Morgan fingerprint density at radius 3 is 1.33 bits per heavy atom. The average Bonchev–Trinajstić information content (AvgIpc) is 3.29. The molecule has 0 aliphatic carbocycles. The Balaban J connectivity index is 1.01. The summed E-state index contributed by atoms with van der Waals surface area (Å²) >= 11 is 0. The number of benzene rings is 9. The molecule has 0 spiro atoms. The third-order valence-electron chi connectivity index (χ3n) is 9.74. The van der Waals surface area contributed by atoms with E-state index in [1.807, 2.05) is 115 Å². The third kappa shape index (κ3) is 8.23. The molecular weight excluding hydrogens is 713 g/mol. The lowest BCUT2D eigenvalue weighted by Gasteiger charge is -2.19. The molecule has 0 radical (unpaired) electrons. The van der Waals surface area contributed by atoms with Gasteiger partial charge in [0.2, 0.25) is 0 Å². The van der Waals surface area contributed by atoms with Crippen molar-refractivity contribution in [3.05, 3.63) is 231 Å². The van der Waals surface area contributed by atoms with E-state index in [0.29, 0.717) is 40.2 Å². The zero-order valence-corrected chi connectivity index (χ0v) is 31.6. The lowest BCUT2D eigenvalue weighted by molar-refractivity contribution is 0.395. The maximum Gasteiger partial charge on any atom is 0.177 e. The average molecular weight is 751 g/mol. The van der Waals surface area contributed by atoms with Crippen LogP contribution in [0.3, 0.4) is 0 Å². The van der Waals surface area contributed by atoms with Gasteiger partial charge in [-0.2, -0.15) is 0 Å². The molecule has 0 fully saturated rings. The fourth-order valence-electron chi connectivity index (χ4n) is 6.94. The van der Waals surface area contributed by atoms with Crippen LogP contribution in [-0.2, 0) is 0 Å². The van der Waals surface area contributed by atoms with Gasteiger partial charge in [0.05, 0.1) is 0 Å². The highest BCUT2D eigenvalue weighted by atomic mass is 16.5. The van der Waals surface area contributed by atoms with Crippen LogP contribution in [0.1, 0.15) is 0 Å². The Morgan fingerprint density at radius 1 is 0.207 bits per heavy atom. The van der Waals surface area contributed by atoms with E-state index in [4.69, 9.17) is 18.9 Å². The molecule has 0 amide bonds. The second-order valence-corrected chi connectivity index (χ2v) is 13.7. The highest BCUT2D eigenvalue weighted by Crippen LogP contribution is 2.46. The summed E-state index contributed by atoms with van der Waals surface area (Å²) in [5, 5.41) is 0. The summed E-state index contributed by atoms with van der Waals surface area (Å²) in [6.45, 7) is 0. The van der Waals surface area contributed by atoms with E-state index in [9.17, 15) is 0 Å². The summed E-state index contributed by atoms with van der Waals surface area (Å²) in [7, 11) is 0. The van der Waals surface area contributed by atoms with Gasteiger partial charge in [0.1, 0.15) is 23.0 Å². The molecule has 0 aliphatic rings. The van der Waals surface area contributed by atoms with Crippen molar-refractivity contribution >= 4 is 0 Å². The molecule has 58 heavy (non-hydrogen) atoms. The first-order chi connectivity index (χ1) is 28.7. The number of rotatable bonds is 12. The van der Waals surface area contributed by atoms with E-state index < -0.39 is 0 Å². The van der Waals surface area contributed by atoms with E-state index in [2.05, 4.69) is 115 Å². The van der Waals surface area contributed by atoms with Gasteiger partial charge in [-0.25, -0.2) is 0 Å². The lowest BCUT2D eigenvalue weighted by atomic mass is 9.94. The van der Waals surface area contributed by atoms with Gasteiger partial charge < -0.3 is 18.9 Å². The van der Waals surface area contributed by atoms with Gasteiger partial charge in [-0.1, -0.05) is 158 Å². The minimum Gasteiger partial charge on any atom is -0.457 e. The summed E-state index contributed by atoms with van der Waals surface area (Å²) in [6.07, 6.45) is 0. The van der Waals surface area contributed by atoms with Crippen molar-refractivity contribution in [3.63, 3.8) is 0 Å². The van der Waals surface area contributed by atoms with Crippen LogP contribution in [0.5, 0.6) is 46.0 Å². The molecular formula is C54H38O4. The molecule has 4 nitrogen and oxygen atoms in total. The molecule has 9 aromatic rings. The van der Waals surface area contributed by atoms with Crippen molar-refractivity contribution in [2.75, 3.05) is 0 Å². The van der Waals surface area contributed by atoms with E-state index in [-0.39, 0.29) is 0 Å². The first-order valence-corrected chi connectivity index (χ1v) is 19.2. The highest BCUT2D eigenvalue weighted by molar-refractivity contribution is 5.84. The van der Waals surface area contributed by atoms with Gasteiger partial charge in [-0.05, 0) is 112 Å². The van der Waals surface area contributed by atoms with Crippen molar-refractivity contribution in [2.24, 2.45) is 0 Å².